The van der Waals surface area contributed by atoms with Gasteiger partial charge in [0.15, 0.2) is 0 Å². The van der Waals surface area contributed by atoms with Gasteiger partial charge in [0.05, 0.1) is 18.2 Å². The van der Waals surface area contributed by atoms with Crippen LogP contribution in [0.3, 0.4) is 0 Å². The third-order valence-electron chi connectivity index (χ3n) is 4.70. The minimum absolute atomic E-state index is 0.117. The number of aromatic carboxylic acids is 1. The second-order valence-electron chi connectivity index (χ2n) is 6.21. The van der Waals surface area contributed by atoms with Gasteiger partial charge < -0.3 is 19.4 Å². The SMILES string of the molecule is CCn1c(=N)c(-c2cc(OC)cc(C(=O)O)c2)cc2cnc3[nH]ccc3c21. The Bertz CT molecular complexity index is 1250. The molecule has 0 radical (unpaired) electrons. The summed E-state index contributed by atoms with van der Waals surface area (Å²) in [4.78, 5) is 19.0. The van der Waals surface area contributed by atoms with Crippen LogP contribution < -0.4 is 10.2 Å². The zero-order valence-corrected chi connectivity index (χ0v) is 14.9. The Morgan fingerprint density at radius 1 is 1.33 bits per heavy atom. The first-order valence-electron chi connectivity index (χ1n) is 8.50. The van der Waals surface area contributed by atoms with Crippen LogP contribution in [0.25, 0.3) is 33.1 Å². The lowest BCUT2D eigenvalue weighted by Crippen LogP contribution is -2.22. The molecular weight excluding hydrogens is 344 g/mol. The van der Waals surface area contributed by atoms with Crippen molar-refractivity contribution in [2.75, 3.05) is 7.11 Å². The highest BCUT2D eigenvalue weighted by atomic mass is 16.5. The molecule has 1 aromatic carbocycles. The van der Waals surface area contributed by atoms with E-state index in [2.05, 4.69) is 9.97 Å². The Kier molecular flexibility index (Phi) is 3.92. The molecule has 3 N–H and O–H groups in total. The first-order chi connectivity index (χ1) is 13.0. The summed E-state index contributed by atoms with van der Waals surface area (Å²) in [6.45, 7) is 2.58. The number of ether oxygens (including phenoxy) is 1. The number of aryl methyl sites for hydroxylation is 1. The van der Waals surface area contributed by atoms with E-state index in [1.807, 2.05) is 29.8 Å². The van der Waals surface area contributed by atoms with Crippen molar-refractivity contribution in [2.45, 2.75) is 13.5 Å². The number of carboxylic acid groups (broad SMARTS) is 1. The van der Waals surface area contributed by atoms with Crippen molar-refractivity contribution >= 4 is 27.9 Å². The van der Waals surface area contributed by atoms with Gasteiger partial charge in [0.25, 0.3) is 0 Å². The van der Waals surface area contributed by atoms with Crippen LogP contribution in [-0.4, -0.2) is 32.7 Å². The summed E-state index contributed by atoms with van der Waals surface area (Å²) < 4.78 is 7.16. The van der Waals surface area contributed by atoms with E-state index in [0.717, 1.165) is 21.9 Å². The van der Waals surface area contributed by atoms with Gasteiger partial charge in [0.1, 0.15) is 16.9 Å². The number of aromatic nitrogens is 3. The zero-order chi connectivity index (χ0) is 19.1. The third-order valence-corrected chi connectivity index (χ3v) is 4.70. The fourth-order valence-electron chi connectivity index (χ4n) is 3.43. The van der Waals surface area contributed by atoms with Crippen LogP contribution in [0, 0.1) is 5.41 Å². The lowest BCUT2D eigenvalue weighted by Gasteiger charge is -2.15. The van der Waals surface area contributed by atoms with E-state index in [-0.39, 0.29) is 5.56 Å². The van der Waals surface area contributed by atoms with Crippen LogP contribution in [-0.2, 0) is 6.54 Å². The number of aromatic amines is 1. The number of nitrogens with one attached hydrogen (secondary N) is 2. The van der Waals surface area contributed by atoms with Gasteiger partial charge in [-0.25, -0.2) is 9.78 Å². The van der Waals surface area contributed by atoms with Crippen molar-refractivity contribution in [1.82, 2.24) is 14.5 Å². The molecule has 7 heteroatoms. The monoisotopic (exact) mass is 362 g/mol. The van der Waals surface area contributed by atoms with Gasteiger partial charge in [-0.05, 0) is 42.8 Å². The molecule has 4 rings (SSSR count). The van der Waals surface area contributed by atoms with Crippen LogP contribution in [0.4, 0.5) is 0 Å². The number of methoxy groups -OCH3 is 1. The van der Waals surface area contributed by atoms with Crippen molar-refractivity contribution < 1.29 is 14.6 Å². The molecule has 27 heavy (non-hydrogen) atoms. The Hall–Kier alpha value is -3.61. The smallest absolute Gasteiger partial charge is 0.335 e. The largest absolute Gasteiger partial charge is 0.497 e. The van der Waals surface area contributed by atoms with Crippen molar-refractivity contribution in [1.29, 1.82) is 5.41 Å². The van der Waals surface area contributed by atoms with Crippen LogP contribution in [0.1, 0.15) is 17.3 Å². The summed E-state index contributed by atoms with van der Waals surface area (Å²) >= 11 is 0. The number of benzene rings is 1. The highest BCUT2D eigenvalue weighted by molar-refractivity contribution is 6.03. The Balaban J connectivity index is 2.08. The summed E-state index contributed by atoms with van der Waals surface area (Å²) in [5.41, 5.74) is 3.37. The molecule has 136 valence electrons. The second kappa shape index (κ2) is 6.28. The highest BCUT2D eigenvalue weighted by Crippen LogP contribution is 2.28. The molecule has 0 aliphatic heterocycles. The topological polar surface area (TPSA) is 104 Å². The summed E-state index contributed by atoms with van der Waals surface area (Å²) in [6.07, 6.45) is 3.59. The number of hydrogen-bond donors (Lipinski definition) is 3. The maximum Gasteiger partial charge on any atom is 0.335 e. The molecule has 0 spiro atoms. The number of rotatable bonds is 4. The van der Waals surface area contributed by atoms with E-state index in [4.69, 9.17) is 10.1 Å². The van der Waals surface area contributed by atoms with Crippen LogP contribution in [0.15, 0.2) is 42.7 Å². The molecule has 4 aromatic rings. The lowest BCUT2D eigenvalue weighted by molar-refractivity contribution is 0.0696. The molecular formula is C20H18N4O3. The van der Waals surface area contributed by atoms with Gasteiger partial charge >= 0.3 is 5.97 Å². The number of fused-ring (bicyclic) bond motifs is 3. The molecule has 0 unspecified atom stereocenters. The van der Waals surface area contributed by atoms with Gasteiger partial charge in [-0.1, -0.05) is 0 Å². The van der Waals surface area contributed by atoms with Crippen LogP contribution >= 0.6 is 0 Å². The van der Waals surface area contributed by atoms with Gasteiger partial charge in [0, 0.05) is 35.3 Å². The molecule has 3 aromatic heterocycles. The normalized spacial score (nSPS) is 11.2. The van der Waals surface area contributed by atoms with Crippen molar-refractivity contribution in [3.8, 4) is 16.9 Å². The summed E-state index contributed by atoms with van der Waals surface area (Å²) in [7, 11) is 1.49. The van der Waals surface area contributed by atoms with Crippen molar-refractivity contribution in [3.05, 3.63) is 53.8 Å². The van der Waals surface area contributed by atoms with Crippen LogP contribution in [0.2, 0.25) is 0 Å². The Morgan fingerprint density at radius 2 is 2.15 bits per heavy atom. The van der Waals surface area contributed by atoms with E-state index in [9.17, 15) is 9.90 Å². The molecule has 0 aliphatic rings. The Morgan fingerprint density at radius 3 is 2.85 bits per heavy atom. The number of carboxylic acids is 1. The molecule has 0 bridgehead atoms. The van der Waals surface area contributed by atoms with E-state index in [1.54, 1.807) is 18.3 Å². The number of hydrogen-bond acceptors (Lipinski definition) is 4. The van der Waals surface area contributed by atoms with Crippen molar-refractivity contribution in [2.24, 2.45) is 0 Å². The van der Waals surface area contributed by atoms with Gasteiger partial charge in [-0.15, -0.1) is 0 Å². The first-order valence-corrected chi connectivity index (χ1v) is 8.50. The predicted octanol–water partition coefficient (Wildman–Crippen LogP) is 3.39. The summed E-state index contributed by atoms with van der Waals surface area (Å²) in [6, 6.07) is 8.60. The van der Waals surface area contributed by atoms with Gasteiger partial charge in [0.2, 0.25) is 0 Å². The molecule has 0 saturated heterocycles. The molecule has 0 fully saturated rings. The van der Waals surface area contributed by atoms with Gasteiger partial charge in [-0.2, -0.15) is 0 Å². The van der Waals surface area contributed by atoms with E-state index in [1.165, 1.54) is 13.2 Å². The summed E-state index contributed by atoms with van der Waals surface area (Å²) in [5.74, 6) is -0.604. The second-order valence-corrected chi connectivity index (χ2v) is 6.21. The highest BCUT2D eigenvalue weighted by Gasteiger charge is 2.15. The maximum atomic E-state index is 11.5. The van der Waals surface area contributed by atoms with E-state index < -0.39 is 5.97 Å². The lowest BCUT2D eigenvalue weighted by atomic mass is 10.0. The molecule has 7 nitrogen and oxygen atoms in total. The molecule has 0 atom stereocenters. The fraction of sp³-hybridized carbons (Fsp3) is 0.150. The number of pyridine rings is 2. The number of nitrogens with zero attached hydrogens (tertiary/aromatic N) is 2. The van der Waals surface area contributed by atoms with E-state index in [0.29, 0.717) is 28.9 Å². The molecule has 3 heterocycles. The predicted molar refractivity (Wildman–Crippen MR) is 102 cm³/mol. The first kappa shape index (κ1) is 16.8. The average Bonchev–Trinajstić information content (AvgIpc) is 3.16. The summed E-state index contributed by atoms with van der Waals surface area (Å²) in [5, 5.41) is 20.0. The fourth-order valence-corrected chi connectivity index (χ4v) is 3.43. The average molecular weight is 362 g/mol. The molecule has 0 saturated carbocycles. The minimum Gasteiger partial charge on any atom is -0.497 e. The third kappa shape index (κ3) is 2.64. The van der Waals surface area contributed by atoms with E-state index >= 15 is 0 Å². The zero-order valence-electron chi connectivity index (χ0n) is 14.9. The number of H-pyrrole nitrogens is 1. The standard InChI is InChI=1S/C20H18N4O3/c1-3-24-17-13(10-23-19-15(17)4-5-22-19)9-16(18(24)21)11-6-12(20(25)26)8-14(7-11)27-2/h4-10,21H,3H2,1-2H3,(H,22,23)(H,25,26). The van der Waals surface area contributed by atoms with Gasteiger partial charge in [-0.3, -0.25) is 5.41 Å². The van der Waals surface area contributed by atoms with Crippen LogP contribution in [0.5, 0.6) is 5.75 Å². The number of carbonyl (C=O) groups is 1. The maximum absolute atomic E-state index is 11.5. The van der Waals surface area contributed by atoms with Crippen molar-refractivity contribution in [3.63, 3.8) is 0 Å². The molecule has 0 amide bonds. The minimum atomic E-state index is -1.04. The Labute approximate surface area is 154 Å². The quantitative estimate of drug-likeness (QED) is 0.517. The molecule has 0 aliphatic carbocycles.